The number of aromatic nitrogens is 2. The number of ether oxygens (including phenoxy) is 1. The minimum atomic E-state index is -0.0364. The topological polar surface area (TPSA) is 56.2 Å². The van der Waals surface area contributed by atoms with Crippen LogP contribution in [0.25, 0.3) is 15.9 Å². The number of amides is 1. The van der Waals surface area contributed by atoms with Gasteiger partial charge in [0.15, 0.2) is 0 Å². The smallest absolute Gasteiger partial charge is 0.261 e. The molecule has 0 bridgehead atoms. The van der Waals surface area contributed by atoms with E-state index in [4.69, 9.17) is 4.74 Å². The van der Waals surface area contributed by atoms with Crippen LogP contribution in [0.2, 0.25) is 0 Å². The van der Waals surface area contributed by atoms with E-state index in [1.54, 1.807) is 0 Å². The lowest BCUT2D eigenvalue weighted by atomic mass is 10.2. The second-order valence-corrected chi connectivity index (χ2v) is 7.04. The molecule has 1 amide bonds. The van der Waals surface area contributed by atoms with E-state index in [9.17, 15) is 4.79 Å². The third-order valence-electron chi connectivity index (χ3n) is 4.28. The number of thiophene rings is 1. The van der Waals surface area contributed by atoms with Crippen LogP contribution in [0.15, 0.2) is 36.4 Å². The lowest BCUT2D eigenvalue weighted by Gasteiger charge is -2.09. The molecule has 0 saturated carbocycles. The average Bonchev–Trinajstić information content (AvgIpc) is 3.32. The Labute approximate surface area is 144 Å². The Bertz CT molecular complexity index is 863. The molecule has 1 aromatic carbocycles. The maximum atomic E-state index is 12.4. The van der Waals surface area contributed by atoms with Crippen LogP contribution < -0.4 is 5.32 Å². The van der Waals surface area contributed by atoms with E-state index >= 15 is 0 Å². The van der Waals surface area contributed by atoms with Crippen LogP contribution in [0, 0.1) is 6.92 Å². The van der Waals surface area contributed by atoms with Gasteiger partial charge in [-0.2, -0.15) is 5.10 Å². The van der Waals surface area contributed by atoms with Crippen LogP contribution in [-0.2, 0) is 4.74 Å². The summed E-state index contributed by atoms with van der Waals surface area (Å²) < 4.78 is 7.46. The molecule has 1 aliphatic rings. The van der Waals surface area contributed by atoms with Crippen molar-refractivity contribution >= 4 is 27.5 Å². The highest BCUT2D eigenvalue weighted by Crippen LogP contribution is 2.30. The van der Waals surface area contributed by atoms with E-state index in [0.29, 0.717) is 11.4 Å². The van der Waals surface area contributed by atoms with Crippen LogP contribution in [0.1, 0.15) is 28.2 Å². The van der Waals surface area contributed by atoms with Gasteiger partial charge in [0.05, 0.1) is 22.4 Å². The number of fused-ring (bicyclic) bond motifs is 1. The van der Waals surface area contributed by atoms with E-state index < -0.39 is 0 Å². The molecule has 24 heavy (non-hydrogen) atoms. The summed E-state index contributed by atoms with van der Waals surface area (Å²) in [5, 5.41) is 8.63. The number of benzene rings is 1. The van der Waals surface area contributed by atoms with Gasteiger partial charge in [0.1, 0.15) is 4.83 Å². The molecule has 5 nitrogen and oxygen atoms in total. The fourth-order valence-electron chi connectivity index (χ4n) is 3.00. The first-order valence-electron chi connectivity index (χ1n) is 8.17. The van der Waals surface area contributed by atoms with Crippen LogP contribution in [-0.4, -0.2) is 34.9 Å². The van der Waals surface area contributed by atoms with Gasteiger partial charge >= 0.3 is 0 Å². The van der Waals surface area contributed by atoms with Gasteiger partial charge in [-0.15, -0.1) is 11.3 Å². The predicted octanol–water partition coefficient (Wildman–Crippen LogP) is 3.30. The lowest BCUT2D eigenvalue weighted by Crippen LogP contribution is -2.31. The second-order valence-electron chi connectivity index (χ2n) is 6.01. The van der Waals surface area contributed by atoms with Crippen molar-refractivity contribution < 1.29 is 9.53 Å². The minimum Gasteiger partial charge on any atom is -0.376 e. The average molecular weight is 341 g/mol. The van der Waals surface area contributed by atoms with Crippen LogP contribution >= 0.6 is 11.3 Å². The van der Waals surface area contributed by atoms with Crippen molar-refractivity contribution in [2.24, 2.45) is 0 Å². The zero-order valence-corrected chi connectivity index (χ0v) is 14.3. The number of nitrogens with one attached hydrogen (secondary N) is 1. The fourth-order valence-corrected chi connectivity index (χ4v) is 4.10. The Kier molecular flexibility index (Phi) is 4.08. The van der Waals surface area contributed by atoms with Crippen LogP contribution in [0.5, 0.6) is 0 Å². The molecule has 124 valence electrons. The molecular formula is C18H19N3O2S. The highest BCUT2D eigenvalue weighted by molar-refractivity contribution is 7.20. The van der Waals surface area contributed by atoms with Gasteiger partial charge in [0.25, 0.3) is 5.91 Å². The Morgan fingerprint density at radius 3 is 3.00 bits per heavy atom. The molecule has 3 aromatic rings. The first kappa shape index (κ1) is 15.4. The molecule has 4 rings (SSSR count). The van der Waals surface area contributed by atoms with Gasteiger partial charge in [-0.25, -0.2) is 4.68 Å². The molecule has 1 atom stereocenters. The molecular weight excluding hydrogens is 322 g/mol. The van der Waals surface area contributed by atoms with Gasteiger partial charge in [-0.05, 0) is 38.0 Å². The summed E-state index contributed by atoms with van der Waals surface area (Å²) in [6.07, 6.45) is 2.26. The summed E-state index contributed by atoms with van der Waals surface area (Å²) in [4.78, 5) is 14.2. The number of hydrogen-bond acceptors (Lipinski definition) is 4. The molecule has 1 N–H and O–H groups in total. The van der Waals surface area contributed by atoms with Crippen LogP contribution in [0.3, 0.4) is 0 Å². The van der Waals surface area contributed by atoms with E-state index in [1.807, 2.05) is 48.0 Å². The Balaban J connectivity index is 1.60. The third-order valence-corrected chi connectivity index (χ3v) is 5.39. The zero-order chi connectivity index (χ0) is 16.5. The second kappa shape index (κ2) is 6.37. The first-order chi connectivity index (χ1) is 11.7. The van der Waals surface area contributed by atoms with E-state index in [0.717, 1.165) is 41.0 Å². The monoisotopic (exact) mass is 341 g/mol. The molecule has 2 aromatic heterocycles. The molecule has 0 aliphatic carbocycles. The fraction of sp³-hybridized carbons (Fsp3) is 0.333. The van der Waals surface area contributed by atoms with Crippen LogP contribution in [0.4, 0.5) is 0 Å². The normalized spacial score (nSPS) is 17.5. The van der Waals surface area contributed by atoms with Crippen molar-refractivity contribution in [3.05, 3.63) is 47.0 Å². The summed E-state index contributed by atoms with van der Waals surface area (Å²) in [6, 6.07) is 11.9. The number of carbonyl (C=O) groups excluding carboxylic acids is 1. The Morgan fingerprint density at radius 2 is 2.25 bits per heavy atom. The molecule has 3 heterocycles. The van der Waals surface area contributed by atoms with Crippen molar-refractivity contribution in [1.82, 2.24) is 15.1 Å². The van der Waals surface area contributed by atoms with Crippen molar-refractivity contribution in [3.63, 3.8) is 0 Å². The van der Waals surface area contributed by atoms with Crippen molar-refractivity contribution in [2.45, 2.75) is 25.9 Å². The molecule has 0 spiro atoms. The molecule has 0 radical (unpaired) electrons. The summed E-state index contributed by atoms with van der Waals surface area (Å²) in [5.74, 6) is -0.0364. The van der Waals surface area contributed by atoms with Crippen molar-refractivity contribution in [3.8, 4) is 5.69 Å². The molecule has 1 aliphatic heterocycles. The first-order valence-corrected chi connectivity index (χ1v) is 8.98. The standard InChI is InChI=1S/C18H19N3O2S/c1-12-15-10-16(17(22)19-11-14-8-5-9-23-14)24-18(15)21(20-12)13-6-3-2-4-7-13/h2-4,6-7,10,14H,5,8-9,11H2,1H3,(H,19,22). The summed E-state index contributed by atoms with van der Waals surface area (Å²) in [6.45, 7) is 3.36. The highest BCUT2D eigenvalue weighted by Gasteiger charge is 2.19. The number of hydrogen-bond donors (Lipinski definition) is 1. The highest BCUT2D eigenvalue weighted by atomic mass is 32.1. The molecule has 1 unspecified atom stereocenters. The van der Waals surface area contributed by atoms with E-state index in [2.05, 4.69) is 10.4 Å². The molecule has 1 fully saturated rings. The van der Waals surface area contributed by atoms with Gasteiger partial charge < -0.3 is 10.1 Å². The zero-order valence-electron chi connectivity index (χ0n) is 13.5. The van der Waals surface area contributed by atoms with E-state index in [-0.39, 0.29) is 12.0 Å². The van der Waals surface area contributed by atoms with Gasteiger partial charge in [0.2, 0.25) is 0 Å². The van der Waals surface area contributed by atoms with Gasteiger partial charge in [0, 0.05) is 18.5 Å². The SMILES string of the molecule is Cc1nn(-c2ccccc2)c2sc(C(=O)NCC3CCCO3)cc12. The largest absolute Gasteiger partial charge is 0.376 e. The number of nitrogens with zero attached hydrogens (tertiary/aromatic N) is 2. The van der Waals surface area contributed by atoms with Crippen molar-refractivity contribution in [1.29, 1.82) is 0 Å². The summed E-state index contributed by atoms with van der Waals surface area (Å²) in [7, 11) is 0. The number of para-hydroxylation sites is 1. The quantitative estimate of drug-likeness (QED) is 0.792. The molecule has 6 heteroatoms. The number of aryl methyl sites for hydroxylation is 1. The summed E-state index contributed by atoms with van der Waals surface area (Å²) >= 11 is 1.48. The summed E-state index contributed by atoms with van der Waals surface area (Å²) in [5.41, 5.74) is 1.94. The molecule has 1 saturated heterocycles. The predicted molar refractivity (Wildman–Crippen MR) is 95.0 cm³/mol. The number of rotatable bonds is 4. The van der Waals surface area contributed by atoms with E-state index in [1.165, 1.54) is 11.3 Å². The minimum absolute atomic E-state index is 0.0364. The van der Waals surface area contributed by atoms with Gasteiger partial charge in [-0.1, -0.05) is 18.2 Å². The third kappa shape index (κ3) is 2.83. The Morgan fingerprint density at radius 1 is 1.42 bits per heavy atom. The van der Waals surface area contributed by atoms with Gasteiger partial charge in [-0.3, -0.25) is 4.79 Å². The van der Waals surface area contributed by atoms with Crippen molar-refractivity contribution in [2.75, 3.05) is 13.2 Å². The lowest BCUT2D eigenvalue weighted by molar-refractivity contribution is 0.0861. The maximum absolute atomic E-state index is 12.4. The Hall–Kier alpha value is -2.18. The maximum Gasteiger partial charge on any atom is 0.261 e. The number of carbonyl (C=O) groups is 1.